The molecule has 1 fully saturated rings. The van der Waals surface area contributed by atoms with Crippen LogP contribution in [-0.4, -0.2) is 27.6 Å². The van der Waals surface area contributed by atoms with Gasteiger partial charge in [0.2, 0.25) is 10.0 Å². The van der Waals surface area contributed by atoms with Crippen LogP contribution in [0.1, 0.15) is 25.7 Å². The number of halogens is 1. The zero-order valence-corrected chi connectivity index (χ0v) is 12.9. The lowest BCUT2D eigenvalue weighted by molar-refractivity contribution is 0.361. The van der Waals surface area contributed by atoms with Gasteiger partial charge in [-0.05, 0) is 31.0 Å². The lowest BCUT2D eigenvalue weighted by Crippen LogP contribution is -2.49. The van der Waals surface area contributed by atoms with Crippen LogP contribution in [0.15, 0.2) is 23.1 Å². The molecule has 0 bridgehead atoms. The Morgan fingerprint density at radius 3 is 2.65 bits per heavy atom. The summed E-state index contributed by atoms with van der Waals surface area (Å²) in [6, 6.07) is 4.05. The third-order valence-electron chi connectivity index (χ3n) is 3.56. The number of sulfonamides is 1. The summed E-state index contributed by atoms with van der Waals surface area (Å²) in [5, 5.41) is 0.267. The fourth-order valence-corrected chi connectivity index (χ4v) is 4.06. The summed E-state index contributed by atoms with van der Waals surface area (Å²) in [6.45, 7) is 0. The van der Waals surface area contributed by atoms with Crippen molar-refractivity contribution in [2.24, 2.45) is 5.73 Å². The van der Waals surface area contributed by atoms with Gasteiger partial charge >= 0.3 is 0 Å². The molecular weight excluding hydrogens is 300 g/mol. The van der Waals surface area contributed by atoms with Crippen molar-refractivity contribution >= 4 is 21.6 Å². The fraction of sp³-hybridized carbons (Fsp3) is 0.538. The van der Waals surface area contributed by atoms with Crippen molar-refractivity contribution in [3.05, 3.63) is 23.2 Å². The first-order valence-corrected chi connectivity index (χ1v) is 8.41. The zero-order chi connectivity index (χ0) is 14.8. The molecule has 1 aromatic carbocycles. The fourth-order valence-electron chi connectivity index (χ4n) is 2.39. The number of nitrogens with one attached hydrogen (secondary N) is 1. The van der Waals surface area contributed by atoms with Crippen LogP contribution in [0.5, 0.6) is 5.75 Å². The van der Waals surface area contributed by atoms with Crippen LogP contribution in [0.4, 0.5) is 0 Å². The first-order valence-electron chi connectivity index (χ1n) is 6.55. The van der Waals surface area contributed by atoms with E-state index in [-0.39, 0.29) is 22.0 Å². The Morgan fingerprint density at radius 2 is 2.05 bits per heavy atom. The summed E-state index contributed by atoms with van der Waals surface area (Å²) in [7, 11) is -2.13. The second kappa shape index (κ2) is 6.30. The molecule has 7 heteroatoms. The molecule has 2 atom stereocenters. The van der Waals surface area contributed by atoms with Crippen LogP contribution < -0.4 is 15.2 Å². The highest BCUT2D eigenvalue weighted by molar-refractivity contribution is 7.89. The van der Waals surface area contributed by atoms with E-state index in [0.717, 1.165) is 25.7 Å². The number of ether oxygens (including phenoxy) is 1. The highest BCUT2D eigenvalue weighted by Crippen LogP contribution is 2.27. The van der Waals surface area contributed by atoms with Crippen molar-refractivity contribution in [1.82, 2.24) is 4.72 Å². The second-order valence-corrected chi connectivity index (χ2v) is 7.09. The van der Waals surface area contributed by atoms with Gasteiger partial charge in [-0.3, -0.25) is 0 Å². The summed E-state index contributed by atoms with van der Waals surface area (Å²) in [6.07, 6.45) is 3.65. The highest BCUT2D eigenvalue weighted by Gasteiger charge is 2.27. The second-order valence-electron chi connectivity index (χ2n) is 4.97. The van der Waals surface area contributed by atoms with E-state index in [0.29, 0.717) is 5.75 Å². The van der Waals surface area contributed by atoms with E-state index >= 15 is 0 Å². The molecule has 1 aromatic rings. The lowest BCUT2D eigenvalue weighted by atomic mass is 9.92. The molecule has 20 heavy (non-hydrogen) atoms. The molecule has 0 spiro atoms. The Balaban J connectivity index is 2.19. The van der Waals surface area contributed by atoms with Gasteiger partial charge in [-0.2, -0.15) is 0 Å². The van der Waals surface area contributed by atoms with Crippen molar-refractivity contribution in [3.8, 4) is 5.75 Å². The minimum Gasteiger partial charge on any atom is -0.495 e. The van der Waals surface area contributed by atoms with E-state index < -0.39 is 10.0 Å². The van der Waals surface area contributed by atoms with Gasteiger partial charge in [0.05, 0.1) is 17.0 Å². The average molecular weight is 319 g/mol. The van der Waals surface area contributed by atoms with Crippen molar-refractivity contribution in [3.63, 3.8) is 0 Å². The molecule has 1 saturated carbocycles. The maximum atomic E-state index is 12.3. The Kier molecular flexibility index (Phi) is 4.90. The van der Waals surface area contributed by atoms with Gasteiger partial charge in [0.1, 0.15) is 5.75 Å². The number of hydrogen-bond acceptors (Lipinski definition) is 4. The minimum atomic E-state index is -3.61. The topological polar surface area (TPSA) is 81.4 Å². The molecule has 1 aliphatic rings. The third-order valence-corrected chi connectivity index (χ3v) is 5.34. The Labute approximate surface area is 124 Å². The molecule has 5 nitrogen and oxygen atoms in total. The van der Waals surface area contributed by atoms with Crippen molar-refractivity contribution in [2.45, 2.75) is 42.7 Å². The first-order chi connectivity index (χ1) is 9.44. The van der Waals surface area contributed by atoms with Crippen LogP contribution >= 0.6 is 11.6 Å². The van der Waals surface area contributed by atoms with E-state index in [1.807, 2.05) is 0 Å². The Morgan fingerprint density at radius 1 is 1.35 bits per heavy atom. The van der Waals surface area contributed by atoms with E-state index in [1.54, 1.807) is 0 Å². The van der Waals surface area contributed by atoms with Crippen LogP contribution in [-0.2, 0) is 10.0 Å². The molecule has 0 aromatic heterocycles. The zero-order valence-electron chi connectivity index (χ0n) is 11.3. The summed E-state index contributed by atoms with van der Waals surface area (Å²) in [5.74, 6) is 0.444. The van der Waals surface area contributed by atoms with Gasteiger partial charge in [0.15, 0.2) is 0 Å². The van der Waals surface area contributed by atoms with Gasteiger partial charge in [-0.1, -0.05) is 24.4 Å². The molecular formula is C13H19ClN2O3S. The molecule has 0 heterocycles. The smallest absolute Gasteiger partial charge is 0.240 e. The largest absolute Gasteiger partial charge is 0.495 e. The van der Waals surface area contributed by atoms with E-state index in [9.17, 15) is 8.42 Å². The van der Waals surface area contributed by atoms with Crippen molar-refractivity contribution in [2.75, 3.05) is 7.11 Å². The summed E-state index contributed by atoms with van der Waals surface area (Å²) < 4.78 is 32.3. The normalized spacial score (nSPS) is 23.6. The van der Waals surface area contributed by atoms with Crippen LogP contribution in [0.25, 0.3) is 0 Å². The molecule has 0 saturated heterocycles. The number of methoxy groups -OCH3 is 1. The molecule has 1 aliphatic carbocycles. The van der Waals surface area contributed by atoms with Crippen LogP contribution in [0, 0.1) is 0 Å². The third kappa shape index (κ3) is 3.44. The van der Waals surface area contributed by atoms with E-state index in [4.69, 9.17) is 22.1 Å². The SMILES string of the molecule is COc1ccc(S(=O)(=O)NC2CCCCC2N)cc1Cl. The maximum absolute atomic E-state index is 12.3. The Bertz CT molecular complexity index is 577. The van der Waals surface area contributed by atoms with E-state index in [2.05, 4.69) is 4.72 Å². The number of rotatable bonds is 4. The molecule has 0 radical (unpaired) electrons. The quantitative estimate of drug-likeness (QED) is 0.888. The predicted molar refractivity (Wildman–Crippen MR) is 78.6 cm³/mol. The number of nitrogens with two attached hydrogens (primary N) is 1. The number of hydrogen-bond donors (Lipinski definition) is 2. The average Bonchev–Trinajstić information content (AvgIpc) is 2.41. The molecule has 0 amide bonds. The first kappa shape index (κ1) is 15.6. The highest BCUT2D eigenvalue weighted by atomic mass is 35.5. The standard InChI is InChI=1S/C13H19ClN2O3S/c1-19-13-7-6-9(8-10(13)14)20(17,18)16-12-5-3-2-4-11(12)15/h6-8,11-12,16H,2-5,15H2,1H3. The molecule has 112 valence electrons. The number of benzene rings is 1. The predicted octanol–water partition coefficient (Wildman–Crippen LogP) is 1.90. The van der Waals surface area contributed by atoms with Crippen molar-refractivity contribution < 1.29 is 13.2 Å². The maximum Gasteiger partial charge on any atom is 0.240 e. The summed E-state index contributed by atoms with van der Waals surface area (Å²) >= 11 is 5.97. The van der Waals surface area contributed by atoms with Crippen LogP contribution in [0.2, 0.25) is 5.02 Å². The summed E-state index contributed by atoms with van der Waals surface area (Å²) in [5.41, 5.74) is 5.97. The molecule has 2 unspecified atom stereocenters. The van der Waals surface area contributed by atoms with Crippen LogP contribution in [0.3, 0.4) is 0 Å². The molecule has 0 aliphatic heterocycles. The monoisotopic (exact) mass is 318 g/mol. The van der Waals surface area contributed by atoms with Gasteiger partial charge in [-0.15, -0.1) is 0 Å². The van der Waals surface area contributed by atoms with Gasteiger partial charge < -0.3 is 10.5 Å². The van der Waals surface area contributed by atoms with Crippen molar-refractivity contribution in [1.29, 1.82) is 0 Å². The molecule has 2 rings (SSSR count). The Hall–Kier alpha value is -0.820. The minimum absolute atomic E-state index is 0.126. The molecule has 3 N–H and O–H groups in total. The summed E-state index contributed by atoms with van der Waals surface area (Å²) in [4.78, 5) is 0.126. The van der Waals surface area contributed by atoms with Gasteiger partial charge in [0, 0.05) is 12.1 Å². The van der Waals surface area contributed by atoms with E-state index in [1.165, 1.54) is 25.3 Å². The lowest BCUT2D eigenvalue weighted by Gasteiger charge is -2.29. The van der Waals surface area contributed by atoms with Gasteiger partial charge in [-0.25, -0.2) is 13.1 Å². The van der Waals surface area contributed by atoms with Gasteiger partial charge in [0.25, 0.3) is 0 Å².